The molecular weight excluding hydrogens is 290 g/mol. The average molecular weight is 305 g/mol. The third kappa shape index (κ3) is 4.64. The van der Waals surface area contributed by atoms with E-state index in [1.54, 1.807) is 12.3 Å². The van der Waals surface area contributed by atoms with E-state index in [0.29, 0.717) is 23.5 Å². The number of thiazole rings is 1. The number of nitrogens with one attached hydrogen (secondary N) is 1. The highest BCUT2D eigenvalue weighted by molar-refractivity contribution is 7.13. The Labute approximate surface area is 125 Å². The van der Waals surface area contributed by atoms with Gasteiger partial charge in [-0.3, -0.25) is 19.9 Å². The number of pyridine rings is 1. The summed E-state index contributed by atoms with van der Waals surface area (Å²) in [5, 5.41) is 13.6. The lowest BCUT2D eigenvalue weighted by atomic mass is 10.2. The molecule has 0 saturated carbocycles. The van der Waals surface area contributed by atoms with Gasteiger partial charge in [0.2, 0.25) is 0 Å². The van der Waals surface area contributed by atoms with Crippen molar-refractivity contribution in [1.82, 2.24) is 9.97 Å². The smallest absolute Gasteiger partial charge is 0.303 e. The second-order valence-corrected chi connectivity index (χ2v) is 5.45. The number of aliphatic carboxylic acids is 1. The van der Waals surface area contributed by atoms with Crippen molar-refractivity contribution in [2.24, 2.45) is 0 Å². The highest BCUT2D eigenvalue weighted by Gasteiger charge is 2.10. The molecule has 0 spiro atoms. The van der Waals surface area contributed by atoms with Gasteiger partial charge in [0, 0.05) is 24.2 Å². The summed E-state index contributed by atoms with van der Waals surface area (Å²) < 4.78 is 0. The van der Waals surface area contributed by atoms with E-state index in [2.05, 4.69) is 15.3 Å². The SMILES string of the molecule is Cc1cncc(C(=O)Nc2nc(CCCC(=O)O)cs2)c1. The molecule has 0 saturated heterocycles. The molecule has 0 bridgehead atoms. The van der Waals surface area contributed by atoms with Crippen molar-refractivity contribution in [3.8, 4) is 0 Å². The molecule has 6 nitrogen and oxygen atoms in total. The van der Waals surface area contributed by atoms with Crippen LogP contribution in [-0.4, -0.2) is 27.0 Å². The van der Waals surface area contributed by atoms with E-state index in [1.807, 2.05) is 12.3 Å². The molecule has 2 heterocycles. The first-order valence-electron chi connectivity index (χ1n) is 6.44. The summed E-state index contributed by atoms with van der Waals surface area (Å²) in [6, 6.07) is 1.75. The van der Waals surface area contributed by atoms with Crippen molar-refractivity contribution in [3.05, 3.63) is 40.7 Å². The number of nitrogens with zero attached hydrogens (tertiary/aromatic N) is 2. The van der Waals surface area contributed by atoms with Crippen LogP contribution in [0.5, 0.6) is 0 Å². The maximum absolute atomic E-state index is 12.0. The summed E-state index contributed by atoms with van der Waals surface area (Å²) in [6.07, 6.45) is 4.43. The first kappa shape index (κ1) is 15.1. The highest BCUT2D eigenvalue weighted by Crippen LogP contribution is 2.18. The fraction of sp³-hybridized carbons (Fsp3) is 0.286. The normalized spacial score (nSPS) is 10.3. The lowest BCUT2D eigenvalue weighted by molar-refractivity contribution is -0.137. The van der Waals surface area contributed by atoms with Gasteiger partial charge in [0.05, 0.1) is 11.3 Å². The lowest BCUT2D eigenvalue weighted by Gasteiger charge is -2.01. The summed E-state index contributed by atoms with van der Waals surface area (Å²) in [5.74, 6) is -1.07. The Balaban J connectivity index is 1.93. The maximum atomic E-state index is 12.0. The number of carboxylic acid groups (broad SMARTS) is 1. The molecule has 2 N–H and O–H groups in total. The second-order valence-electron chi connectivity index (χ2n) is 4.60. The van der Waals surface area contributed by atoms with E-state index < -0.39 is 5.97 Å². The van der Waals surface area contributed by atoms with Crippen molar-refractivity contribution in [2.45, 2.75) is 26.2 Å². The summed E-state index contributed by atoms with van der Waals surface area (Å²) in [5.41, 5.74) is 2.19. The summed E-state index contributed by atoms with van der Waals surface area (Å²) in [7, 11) is 0. The predicted molar refractivity (Wildman–Crippen MR) is 79.6 cm³/mol. The number of carboxylic acids is 1. The summed E-state index contributed by atoms with van der Waals surface area (Å²) >= 11 is 1.32. The van der Waals surface area contributed by atoms with Gasteiger partial charge in [-0.1, -0.05) is 0 Å². The van der Waals surface area contributed by atoms with Gasteiger partial charge in [-0.2, -0.15) is 0 Å². The molecule has 0 aromatic carbocycles. The zero-order chi connectivity index (χ0) is 15.2. The van der Waals surface area contributed by atoms with Crippen molar-refractivity contribution < 1.29 is 14.7 Å². The molecule has 110 valence electrons. The molecule has 0 fully saturated rings. The van der Waals surface area contributed by atoms with Gasteiger partial charge in [0.15, 0.2) is 5.13 Å². The van der Waals surface area contributed by atoms with Gasteiger partial charge in [-0.05, 0) is 31.4 Å². The predicted octanol–water partition coefficient (Wildman–Crippen LogP) is 2.51. The van der Waals surface area contributed by atoms with E-state index in [9.17, 15) is 9.59 Å². The molecule has 21 heavy (non-hydrogen) atoms. The van der Waals surface area contributed by atoms with Crippen LogP contribution < -0.4 is 5.32 Å². The molecule has 0 aliphatic carbocycles. The zero-order valence-corrected chi connectivity index (χ0v) is 12.3. The number of aromatic nitrogens is 2. The van der Waals surface area contributed by atoms with Gasteiger partial charge in [-0.25, -0.2) is 4.98 Å². The fourth-order valence-electron chi connectivity index (χ4n) is 1.75. The number of rotatable bonds is 6. The van der Waals surface area contributed by atoms with E-state index >= 15 is 0 Å². The molecule has 0 aliphatic heterocycles. The van der Waals surface area contributed by atoms with E-state index in [0.717, 1.165) is 11.3 Å². The Hall–Kier alpha value is -2.28. The van der Waals surface area contributed by atoms with Crippen molar-refractivity contribution >= 4 is 28.3 Å². The van der Waals surface area contributed by atoms with Crippen molar-refractivity contribution in [2.75, 3.05) is 5.32 Å². The van der Waals surface area contributed by atoms with Gasteiger partial charge in [0.25, 0.3) is 5.91 Å². The number of carbonyl (C=O) groups is 2. The molecule has 0 atom stereocenters. The minimum atomic E-state index is -0.814. The standard InChI is InChI=1S/C14H15N3O3S/c1-9-5-10(7-15-6-9)13(20)17-14-16-11(8-21-14)3-2-4-12(18)19/h5-8H,2-4H2,1H3,(H,18,19)(H,16,17,20). The third-order valence-electron chi connectivity index (χ3n) is 2.73. The van der Waals surface area contributed by atoms with Crippen LogP contribution in [0.25, 0.3) is 0 Å². The largest absolute Gasteiger partial charge is 0.481 e. The Morgan fingerprint density at radius 2 is 2.19 bits per heavy atom. The quantitative estimate of drug-likeness (QED) is 0.855. The molecule has 2 aromatic heterocycles. The number of anilines is 1. The van der Waals surface area contributed by atoms with Crippen molar-refractivity contribution in [1.29, 1.82) is 0 Å². The summed E-state index contributed by atoms with van der Waals surface area (Å²) in [4.78, 5) is 30.7. The molecule has 0 aliphatic rings. The fourth-order valence-corrected chi connectivity index (χ4v) is 2.49. The van der Waals surface area contributed by atoms with Gasteiger partial charge >= 0.3 is 5.97 Å². The minimum absolute atomic E-state index is 0.119. The molecule has 2 aromatic rings. The van der Waals surface area contributed by atoms with E-state index in [-0.39, 0.29) is 12.3 Å². The summed E-state index contributed by atoms with van der Waals surface area (Å²) in [6.45, 7) is 1.87. The highest BCUT2D eigenvalue weighted by atomic mass is 32.1. The monoisotopic (exact) mass is 305 g/mol. The number of hydrogen-bond acceptors (Lipinski definition) is 5. The van der Waals surface area contributed by atoms with Crippen LogP contribution in [-0.2, 0) is 11.2 Å². The number of amides is 1. The maximum Gasteiger partial charge on any atom is 0.303 e. The van der Waals surface area contributed by atoms with E-state index in [1.165, 1.54) is 17.5 Å². The lowest BCUT2D eigenvalue weighted by Crippen LogP contribution is -2.12. The number of hydrogen-bond donors (Lipinski definition) is 2. The van der Waals surface area contributed by atoms with Crippen LogP contribution in [0.15, 0.2) is 23.8 Å². The van der Waals surface area contributed by atoms with Gasteiger partial charge in [-0.15, -0.1) is 11.3 Å². The van der Waals surface area contributed by atoms with Crippen molar-refractivity contribution in [3.63, 3.8) is 0 Å². The molecule has 7 heteroatoms. The first-order valence-corrected chi connectivity index (χ1v) is 7.32. The van der Waals surface area contributed by atoms with Crippen LogP contribution in [0, 0.1) is 6.92 Å². The Bertz CT molecular complexity index is 654. The van der Waals surface area contributed by atoms with E-state index in [4.69, 9.17) is 5.11 Å². The van der Waals surface area contributed by atoms with Gasteiger partial charge < -0.3 is 5.11 Å². The average Bonchev–Trinajstić information content (AvgIpc) is 2.86. The Morgan fingerprint density at radius 3 is 2.90 bits per heavy atom. The molecule has 0 radical (unpaired) electrons. The molecule has 0 unspecified atom stereocenters. The Kier molecular flexibility index (Phi) is 4.99. The molecule has 2 rings (SSSR count). The number of carbonyl (C=O) groups excluding carboxylic acids is 1. The zero-order valence-electron chi connectivity index (χ0n) is 11.5. The third-order valence-corrected chi connectivity index (χ3v) is 3.54. The van der Waals surface area contributed by atoms with Gasteiger partial charge in [0.1, 0.15) is 0 Å². The molecular formula is C14H15N3O3S. The van der Waals surface area contributed by atoms with Crippen LogP contribution in [0.4, 0.5) is 5.13 Å². The number of aryl methyl sites for hydroxylation is 2. The van der Waals surface area contributed by atoms with Crippen LogP contribution >= 0.6 is 11.3 Å². The Morgan fingerprint density at radius 1 is 1.38 bits per heavy atom. The topological polar surface area (TPSA) is 92.2 Å². The minimum Gasteiger partial charge on any atom is -0.481 e. The van der Waals surface area contributed by atoms with Crippen LogP contribution in [0.2, 0.25) is 0 Å². The van der Waals surface area contributed by atoms with Crippen LogP contribution in [0.1, 0.15) is 34.5 Å². The first-order chi connectivity index (χ1) is 10.0. The van der Waals surface area contributed by atoms with Crippen LogP contribution in [0.3, 0.4) is 0 Å². The second kappa shape index (κ2) is 6.94. The molecule has 1 amide bonds.